The lowest BCUT2D eigenvalue weighted by Gasteiger charge is -2.33. The molecule has 0 radical (unpaired) electrons. The number of hydrogen-bond donors (Lipinski definition) is 1. The summed E-state index contributed by atoms with van der Waals surface area (Å²) < 4.78 is 5.90. The van der Waals surface area contributed by atoms with Gasteiger partial charge >= 0.3 is 0 Å². The third-order valence-corrected chi connectivity index (χ3v) is 4.86. The van der Waals surface area contributed by atoms with Gasteiger partial charge in [-0.2, -0.15) is 0 Å². The van der Waals surface area contributed by atoms with Crippen molar-refractivity contribution in [3.63, 3.8) is 0 Å². The van der Waals surface area contributed by atoms with Crippen LogP contribution in [0.4, 0.5) is 5.69 Å². The lowest BCUT2D eigenvalue weighted by Crippen LogP contribution is -2.48. The third-order valence-electron chi connectivity index (χ3n) is 4.86. The number of carbonyl (C=O) groups is 1. The minimum absolute atomic E-state index is 0.0276. The van der Waals surface area contributed by atoms with Crippen LogP contribution in [0.1, 0.15) is 5.89 Å². The fourth-order valence-corrected chi connectivity index (χ4v) is 3.34. The number of hydrogen-bond acceptors (Lipinski definition) is 5. The average Bonchev–Trinajstić information content (AvgIpc) is 3.19. The van der Waals surface area contributed by atoms with E-state index in [1.807, 2.05) is 60.7 Å². The molecule has 0 unspecified atom stereocenters. The maximum absolute atomic E-state index is 12.2. The summed E-state index contributed by atoms with van der Waals surface area (Å²) in [6, 6.07) is 19.6. The Labute approximate surface area is 164 Å². The van der Waals surface area contributed by atoms with Gasteiger partial charge in [0, 0.05) is 37.4 Å². The minimum atomic E-state index is 0.0276. The van der Waals surface area contributed by atoms with Gasteiger partial charge in [-0.05, 0) is 12.1 Å². The topological polar surface area (TPSA) is 61.6 Å². The van der Waals surface area contributed by atoms with Crippen molar-refractivity contribution in [2.75, 3.05) is 38.0 Å². The largest absolute Gasteiger partial charge is 0.439 e. The number of para-hydroxylation sites is 1. The molecular weight excluding hydrogens is 352 g/mol. The molecule has 6 heteroatoms. The number of aromatic nitrogens is 1. The van der Waals surface area contributed by atoms with Crippen LogP contribution < -0.4 is 5.32 Å². The lowest BCUT2D eigenvalue weighted by molar-refractivity contribution is -0.117. The summed E-state index contributed by atoms with van der Waals surface area (Å²) in [5.41, 5.74) is 1.87. The molecule has 1 N–H and O–H groups in total. The molecule has 4 rings (SSSR count). The quantitative estimate of drug-likeness (QED) is 0.716. The average molecular weight is 376 g/mol. The van der Waals surface area contributed by atoms with E-state index in [2.05, 4.69) is 20.1 Å². The number of oxazole rings is 1. The summed E-state index contributed by atoms with van der Waals surface area (Å²) in [4.78, 5) is 21.1. The van der Waals surface area contributed by atoms with Crippen LogP contribution in [0.3, 0.4) is 0 Å². The summed E-state index contributed by atoms with van der Waals surface area (Å²) in [6.45, 7) is 4.60. The summed E-state index contributed by atoms with van der Waals surface area (Å²) >= 11 is 0. The van der Waals surface area contributed by atoms with Crippen LogP contribution in [0.5, 0.6) is 0 Å². The van der Waals surface area contributed by atoms with Crippen molar-refractivity contribution in [3.05, 3.63) is 72.8 Å². The molecule has 1 aliphatic rings. The van der Waals surface area contributed by atoms with Crippen molar-refractivity contribution >= 4 is 11.6 Å². The van der Waals surface area contributed by atoms with E-state index in [1.165, 1.54) is 0 Å². The van der Waals surface area contributed by atoms with Gasteiger partial charge < -0.3 is 9.73 Å². The van der Waals surface area contributed by atoms with E-state index in [9.17, 15) is 4.79 Å². The molecule has 1 aliphatic heterocycles. The van der Waals surface area contributed by atoms with Gasteiger partial charge in [-0.3, -0.25) is 14.6 Å². The van der Waals surface area contributed by atoms with Crippen LogP contribution in [0.2, 0.25) is 0 Å². The normalized spacial score (nSPS) is 15.4. The highest BCUT2D eigenvalue weighted by Crippen LogP contribution is 2.20. The maximum atomic E-state index is 12.2. The van der Waals surface area contributed by atoms with E-state index in [-0.39, 0.29) is 5.91 Å². The van der Waals surface area contributed by atoms with Gasteiger partial charge in [0.05, 0.1) is 19.3 Å². The smallest absolute Gasteiger partial charge is 0.238 e. The highest BCUT2D eigenvalue weighted by atomic mass is 16.4. The van der Waals surface area contributed by atoms with Gasteiger partial charge in [0.2, 0.25) is 11.8 Å². The first kappa shape index (κ1) is 18.4. The third kappa shape index (κ3) is 4.85. The van der Waals surface area contributed by atoms with Crippen molar-refractivity contribution in [1.29, 1.82) is 0 Å². The summed E-state index contributed by atoms with van der Waals surface area (Å²) in [5, 5.41) is 2.94. The predicted octanol–water partition coefficient (Wildman–Crippen LogP) is 3.10. The maximum Gasteiger partial charge on any atom is 0.238 e. The van der Waals surface area contributed by atoms with E-state index >= 15 is 0 Å². The van der Waals surface area contributed by atoms with Crippen LogP contribution in [0.15, 0.2) is 71.3 Å². The van der Waals surface area contributed by atoms with E-state index in [0.29, 0.717) is 13.1 Å². The van der Waals surface area contributed by atoms with Gasteiger partial charge in [-0.1, -0.05) is 48.5 Å². The molecule has 1 fully saturated rings. The Morgan fingerprint density at radius 3 is 2.29 bits per heavy atom. The van der Waals surface area contributed by atoms with E-state index in [1.54, 1.807) is 6.20 Å². The zero-order valence-electron chi connectivity index (χ0n) is 15.8. The van der Waals surface area contributed by atoms with E-state index in [0.717, 1.165) is 49.1 Å². The Morgan fingerprint density at radius 1 is 0.929 bits per heavy atom. The Morgan fingerprint density at radius 2 is 1.57 bits per heavy atom. The van der Waals surface area contributed by atoms with Gasteiger partial charge in [0.1, 0.15) is 0 Å². The molecule has 144 valence electrons. The highest BCUT2D eigenvalue weighted by molar-refractivity contribution is 5.92. The summed E-state index contributed by atoms with van der Waals surface area (Å²) in [5.74, 6) is 1.56. The van der Waals surface area contributed by atoms with Crippen molar-refractivity contribution in [2.24, 2.45) is 0 Å². The molecular formula is C22H24N4O2. The van der Waals surface area contributed by atoms with Crippen LogP contribution >= 0.6 is 0 Å². The number of anilines is 1. The first-order valence-corrected chi connectivity index (χ1v) is 9.56. The minimum Gasteiger partial charge on any atom is -0.439 e. The zero-order chi connectivity index (χ0) is 19.2. The molecule has 0 aliphatic carbocycles. The molecule has 1 saturated heterocycles. The number of benzene rings is 2. The second-order valence-electron chi connectivity index (χ2n) is 6.95. The molecule has 0 bridgehead atoms. The number of rotatable bonds is 6. The number of nitrogens with zero attached hydrogens (tertiary/aromatic N) is 3. The number of amides is 1. The predicted molar refractivity (Wildman–Crippen MR) is 109 cm³/mol. The molecule has 2 heterocycles. The Balaban J connectivity index is 1.23. The molecule has 6 nitrogen and oxygen atoms in total. The Kier molecular flexibility index (Phi) is 5.80. The Hall–Kier alpha value is -2.96. The first-order chi connectivity index (χ1) is 13.8. The standard InChI is InChI=1S/C22H24N4O2/c27-21(24-19-9-5-2-6-10-19)16-25-11-13-26(14-12-25)17-22-23-15-20(28-22)18-7-3-1-4-8-18/h1-10,15H,11-14,16-17H2,(H,24,27). The van der Waals surface area contributed by atoms with Crippen LogP contribution in [0.25, 0.3) is 11.3 Å². The van der Waals surface area contributed by atoms with Crippen molar-refractivity contribution in [2.45, 2.75) is 6.54 Å². The van der Waals surface area contributed by atoms with Crippen molar-refractivity contribution in [3.8, 4) is 11.3 Å². The second-order valence-corrected chi connectivity index (χ2v) is 6.95. The van der Waals surface area contributed by atoms with E-state index in [4.69, 9.17) is 4.42 Å². The number of carbonyl (C=O) groups excluding carboxylic acids is 1. The lowest BCUT2D eigenvalue weighted by atomic mass is 10.2. The monoisotopic (exact) mass is 376 g/mol. The summed E-state index contributed by atoms with van der Waals surface area (Å²) in [7, 11) is 0. The van der Waals surface area contributed by atoms with Gasteiger partial charge in [0.15, 0.2) is 5.76 Å². The van der Waals surface area contributed by atoms with Crippen LogP contribution in [-0.2, 0) is 11.3 Å². The van der Waals surface area contributed by atoms with Crippen molar-refractivity contribution < 1.29 is 9.21 Å². The van der Waals surface area contributed by atoms with Gasteiger partial charge in [-0.25, -0.2) is 4.98 Å². The molecule has 28 heavy (non-hydrogen) atoms. The second kappa shape index (κ2) is 8.82. The van der Waals surface area contributed by atoms with Crippen LogP contribution in [-0.4, -0.2) is 53.4 Å². The van der Waals surface area contributed by atoms with Gasteiger partial charge in [-0.15, -0.1) is 0 Å². The van der Waals surface area contributed by atoms with E-state index < -0.39 is 0 Å². The molecule has 1 aromatic heterocycles. The molecule has 0 spiro atoms. The Bertz CT molecular complexity index is 887. The fraction of sp³-hybridized carbons (Fsp3) is 0.273. The highest BCUT2D eigenvalue weighted by Gasteiger charge is 2.20. The molecule has 0 atom stereocenters. The molecule has 2 aromatic carbocycles. The number of piperazine rings is 1. The number of nitrogens with one attached hydrogen (secondary N) is 1. The van der Waals surface area contributed by atoms with Crippen molar-refractivity contribution in [1.82, 2.24) is 14.8 Å². The molecule has 3 aromatic rings. The molecule has 1 amide bonds. The SMILES string of the molecule is O=C(CN1CCN(Cc2ncc(-c3ccccc3)o2)CC1)Nc1ccccc1. The molecule has 0 saturated carbocycles. The summed E-state index contributed by atoms with van der Waals surface area (Å²) in [6.07, 6.45) is 1.79. The van der Waals surface area contributed by atoms with Crippen LogP contribution in [0, 0.1) is 0 Å². The fourth-order valence-electron chi connectivity index (χ4n) is 3.34. The first-order valence-electron chi connectivity index (χ1n) is 9.56. The van der Waals surface area contributed by atoms with Gasteiger partial charge in [0.25, 0.3) is 0 Å². The zero-order valence-corrected chi connectivity index (χ0v) is 15.8.